The van der Waals surface area contributed by atoms with Gasteiger partial charge in [-0.3, -0.25) is 0 Å². The molecule has 2 rings (SSSR count). The Labute approximate surface area is 106 Å². The molecule has 0 unspecified atom stereocenters. The first-order valence-corrected chi connectivity index (χ1v) is 7.00. The van der Waals surface area contributed by atoms with E-state index in [0.717, 1.165) is 12.0 Å². The van der Waals surface area contributed by atoms with Gasteiger partial charge in [0.15, 0.2) is 0 Å². The fourth-order valence-electron chi connectivity index (χ4n) is 1.83. The summed E-state index contributed by atoms with van der Waals surface area (Å²) < 4.78 is 26.1. The van der Waals surface area contributed by atoms with E-state index in [0.29, 0.717) is 13.1 Å². The number of rotatable bonds is 2. The lowest BCUT2D eigenvalue weighted by Crippen LogP contribution is -2.35. The molecule has 0 saturated heterocycles. The van der Waals surface area contributed by atoms with Crippen LogP contribution in [0.3, 0.4) is 0 Å². The molecule has 1 aliphatic heterocycles. The highest BCUT2D eigenvalue weighted by molar-refractivity contribution is 7.89. The first kappa shape index (κ1) is 12.7. The van der Waals surface area contributed by atoms with Crippen molar-refractivity contribution in [1.82, 2.24) is 9.29 Å². The van der Waals surface area contributed by atoms with Crippen LogP contribution < -0.4 is 0 Å². The van der Waals surface area contributed by atoms with E-state index in [1.807, 2.05) is 19.1 Å². The maximum Gasteiger partial charge on any atom is 0.244 e. The van der Waals surface area contributed by atoms with Crippen molar-refractivity contribution in [3.05, 3.63) is 35.7 Å². The quantitative estimate of drug-likeness (QED) is 0.754. The standard InChI is InChI=1S/C12H13N3O2S/c1-10-3-2-6-15(9-10)18(16,17)12-5-4-11(7-13)14-8-12/h3-5,8H,2,6,9H2,1H3. The van der Waals surface area contributed by atoms with Gasteiger partial charge >= 0.3 is 0 Å². The van der Waals surface area contributed by atoms with Gasteiger partial charge in [0.05, 0.1) is 0 Å². The van der Waals surface area contributed by atoms with Gasteiger partial charge in [-0.25, -0.2) is 13.4 Å². The molecule has 6 heteroatoms. The van der Waals surface area contributed by atoms with E-state index in [2.05, 4.69) is 4.98 Å². The Balaban J connectivity index is 2.31. The highest BCUT2D eigenvalue weighted by atomic mass is 32.2. The van der Waals surface area contributed by atoms with Gasteiger partial charge in [-0.05, 0) is 25.5 Å². The molecule has 2 heterocycles. The number of aromatic nitrogens is 1. The van der Waals surface area contributed by atoms with Crippen LogP contribution in [0.25, 0.3) is 0 Å². The molecule has 18 heavy (non-hydrogen) atoms. The lowest BCUT2D eigenvalue weighted by atomic mass is 10.2. The summed E-state index contributed by atoms with van der Waals surface area (Å²) in [6.45, 7) is 2.82. The highest BCUT2D eigenvalue weighted by Crippen LogP contribution is 2.19. The summed E-state index contributed by atoms with van der Waals surface area (Å²) in [5, 5.41) is 8.63. The van der Waals surface area contributed by atoms with E-state index in [9.17, 15) is 8.42 Å². The van der Waals surface area contributed by atoms with Gasteiger partial charge in [0.25, 0.3) is 0 Å². The first-order chi connectivity index (χ1) is 8.54. The van der Waals surface area contributed by atoms with Crippen LogP contribution in [0.4, 0.5) is 0 Å². The van der Waals surface area contributed by atoms with Gasteiger partial charge in [0.1, 0.15) is 16.7 Å². The van der Waals surface area contributed by atoms with E-state index < -0.39 is 10.0 Å². The molecule has 0 N–H and O–H groups in total. The molecule has 94 valence electrons. The molecule has 0 spiro atoms. The van der Waals surface area contributed by atoms with Gasteiger partial charge < -0.3 is 0 Å². The lowest BCUT2D eigenvalue weighted by molar-refractivity contribution is 0.427. The smallest absolute Gasteiger partial charge is 0.244 e. The molecule has 1 aromatic heterocycles. The predicted octanol–water partition coefficient (Wildman–Crippen LogP) is 1.29. The van der Waals surface area contributed by atoms with Crippen molar-refractivity contribution in [2.24, 2.45) is 0 Å². The van der Waals surface area contributed by atoms with Crippen LogP contribution in [0.1, 0.15) is 19.0 Å². The van der Waals surface area contributed by atoms with E-state index in [1.165, 1.54) is 22.6 Å². The zero-order valence-electron chi connectivity index (χ0n) is 10.00. The molecular weight excluding hydrogens is 250 g/mol. The molecule has 0 fully saturated rings. The van der Waals surface area contributed by atoms with Crippen molar-refractivity contribution in [2.75, 3.05) is 13.1 Å². The first-order valence-electron chi connectivity index (χ1n) is 5.56. The zero-order chi connectivity index (χ0) is 13.2. The molecule has 0 aliphatic carbocycles. The Hall–Kier alpha value is -1.71. The van der Waals surface area contributed by atoms with Gasteiger partial charge in [0.2, 0.25) is 10.0 Å². The topological polar surface area (TPSA) is 74.1 Å². The molecule has 0 amide bonds. The third-order valence-electron chi connectivity index (χ3n) is 2.79. The zero-order valence-corrected chi connectivity index (χ0v) is 10.8. The van der Waals surface area contributed by atoms with Gasteiger partial charge in [0, 0.05) is 19.3 Å². The third kappa shape index (κ3) is 2.42. The molecule has 1 aromatic rings. The minimum absolute atomic E-state index is 0.135. The lowest BCUT2D eigenvalue weighted by Gasteiger charge is -2.25. The second-order valence-corrected chi connectivity index (χ2v) is 6.11. The Morgan fingerprint density at radius 1 is 1.44 bits per heavy atom. The Kier molecular flexibility index (Phi) is 3.45. The molecule has 5 nitrogen and oxygen atoms in total. The average molecular weight is 263 g/mol. The number of sulfonamides is 1. The Morgan fingerprint density at radius 3 is 2.78 bits per heavy atom. The van der Waals surface area contributed by atoms with Crippen molar-refractivity contribution >= 4 is 10.0 Å². The van der Waals surface area contributed by atoms with Gasteiger partial charge in [-0.2, -0.15) is 9.57 Å². The summed E-state index contributed by atoms with van der Waals surface area (Å²) in [7, 11) is -3.50. The number of nitrogens with zero attached hydrogens (tertiary/aromatic N) is 3. The van der Waals surface area contributed by atoms with Crippen molar-refractivity contribution in [3.63, 3.8) is 0 Å². The summed E-state index contributed by atoms with van der Waals surface area (Å²) in [6, 6.07) is 4.70. The van der Waals surface area contributed by atoms with Crippen molar-refractivity contribution in [3.8, 4) is 6.07 Å². The monoisotopic (exact) mass is 263 g/mol. The van der Waals surface area contributed by atoms with E-state index in [-0.39, 0.29) is 10.6 Å². The van der Waals surface area contributed by atoms with Crippen molar-refractivity contribution in [2.45, 2.75) is 18.2 Å². The van der Waals surface area contributed by atoms with Crippen molar-refractivity contribution < 1.29 is 8.42 Å². The SMILES string of the molecule is CC1=CCCN(S(=O)(=O)c2ccc(C#N)nc2)C1. The second kappa shape index (κ2) is 4.88. The molecule has 0 radical (unpaired) electrons. The molecule has 0 bridgehead atoms. The number of hydrogen-bond acceptors (Lipinski definition) is 4. The summed E-state index contributed by atoms with van der Waals surface area (Å²) in [5.74, 6) is 0. The minimum atomic E-state index is -3.50. The van der Waals surface area contributed by atoms with E-state index >= 15 is 0 Å². The van der Waals surface area contributed by atoms with Crippen LogP contribution >= 0.6 is 0 Å². The maximum atomic E-state index is 12.3. The number of pyridine rings is 1. The van der Waals surface area contributed by atoms with Gasteiger partial charge in [-0.1, -0.05) is 11.6 Å². The summed E-state index contributed by atoms with van der Waals surface area (Å²) in [6.07, 6.45) is 4.01. The largest absolute Gasteiger partial charge is 0.244 e. The second-order valence-electron chi connectivity index (χ2n) is 4.17. The van der Waals surface area contributed by atoms with Crippen LogP contribution in [0.15, 0.2) is 34.9 Å². The molecule has 0 aromatic carbocycles. The highest BCUT2D eigenvalue weighted by Gasteiger charge is 2.26. The van der Waals surface area contributed by atoms with Crippen LogP contribution in [0, 0.1) is 11.3 Å². The summed E-state index contributed by atoms with van der Waals surface area (Å²) in [5.41, 5.74) is 1.26. The molecular formula is C12H13N3O2S. The summed E-state index contributed by atoms with van der Waals surface area (Å²) in [4.78, 5) is 3.93. The minimum Gasteiger partial charge on any atom is -0.244 e. The number of hydrogen-bond donors (Lipinski definition) is 0. The van der Waals surface area contributed by atoms with E-state index in [4.69, 9.17) is 5.26 Å². The molecule has 0 atom stereocenters. The van der Waals surface area contributed by atoms with E-state index in [1.54, 1.807) is 0 Å². The third-order valence-corrected chi connectivity index (χ3v) is 4.61. The fourth-order valence-corrected chi connectivity index (χ4v) is 3.27. The average Bonchev–Trinajstić information content (AvgIpc) is 2.39. The Bertz CT molecular complexity index is 612. The maximum absolute atomic E-state index is 12.3. The van der Waals surface area contributed by atoms with Crippen LogP contribution in [0.2, 0.25) is 0 Å². The predicted molar refractivity (Wildman–Crippen MR) is 66.1 cm³/mol. The van der Waals surface area contributed by atoms with Crippen LogP contribution in [-0.2, 0) is 10.0 Å². The molecule has 1 aliphatic rings. The van der Waals surface area contributed by atoms with Gasteiger partial charge in [-0.15, -0.1) is 0 Å². The number of nitriles is 1. The fraction of sp³-hybridized carbons (Fsp3) is 0.333. The summed E-state index contributed by atoms with van der Waals surface area (Å²) >= 11 is 0. The Morgan fingerprint density at radius 2 is 2.22 bits per heavy atom. The van der Waals surface area contributed by atoms with Crippen LogP contribution in [-0.4, -0.2) is 30.8 Å². The molecule has 0 saturated carbocycles. The normalized spacial score (nSPS) is 17.0. The van der Waals surface area contributed by atoms with Crippen LogP contribution in [0.5, 0.6) is 0 Å². The van der Waals surface area contributed by atoms with Crippen molar-refractivity contribution in [1.29, 1.82) is 5.26 Å².